The Morgan fingerprint density at radius 2 is 1.46 bits per heavy atom. The topological polar surface area (TPSA) is 26.3 Å². The minimum absolute atomic E-state index is 0.360. The summed E-state index contributed by atoms with van der Waals surface area (Å²) in [7, 11) is 1.40. The van der Waals surface area contributed by atoms with Gasteiger partial charge in [0.1, 0.15) is 0 Å². The zero-order valence-electron chi connectivity index (χ0n) is 13.5. The van der Waals surface area contributed by atoms with Crippen molar-refractivity contribution >= 4 is 12.0 Å². The molecule has 0 atom stereocenters. The molecule has 118 valence electrons. The highest BCUT2D eigenvalue weighted by molar-refractivity contribution is 6.05. The van der Waals surface area contributed by atoms with Crippen LogP contribution in [-0.4, -0.2) is 13.1 Å². The fraction of sp³-hybridized carbons (Fsp3) is 0.0455. The molecule has 0 bridgehead atoms. The van der Waals surface area contributed by atoms with Crippen LogP contribution in [0, 0.1) is 0 Å². The largest absolute Gasteiger partial charge is 0.465 e. The summed E-state index contributed by atoms with van der Waals surface area (Å²) in [5, 5.41) is 0. The van der Waals surface area contributed by atoms with E-state index in [0.717, 1.165) is 27.8 Å². The predicted molar refractivity (Wildman–Crippen MR) is 98.7 cm³/mol. The molecule has 0 saturated heterocycles. The maximum absolute atomic E-state index is 12.5. The summed E-state index contributed by atoms with van der Waals surface area (Å²) in [6.45, 7) is 3.84. The van der Waals surface area contributed by atoms with Gasteiger partial charge in [-0.2, -0.15) is 0 Å². The van der Waals surface area contributed by atoms with E-state index >= 15 is 0 Å². The molecular weight excluding hydrogens is 296 g/mol. The molecule has 3 aromatic carbocycles. The van der Waals surface area contributed by atoms with Crippen molar-refractivity contribution in [2.75, 3.05) is 7.11 Å². The van der Waals surface area contributed by atoms with Crippen LogP contribution < -0.4 is 0 Å². The fourth-order valence-electron chi connectivity index (χ4n) is 2.87. The second-order valence-corrected chi connectivity index (χ2v) is 5.38. The van der Waals surface area contributed by atoms with Gasteiger partial charge >= 0.3 is 5.97 Å². The summed E-state index contributed by atoms with van der Waals surface area (Å²) < 4.78 is 5.05. The van der Waals surface area contributed by atoms with Crippen molar-refractivity contribution in [3.8, 4) is 22.3 Å². The van der Waals surface area contributed by atoms with Crippen LogP contribution in [-0.2, 0) is 4.74 Å². The molecule has 0 N–H and O–H groups in total. The Morgan fingerprint density at radius 3 is 2.00 bits per heavy atom. The van der Waals surface area contributed by atoms with Crippen molar-refractivity contribution in [3.63, 3.8) is 0 Å². The molecule has 0 aromatic heterocycles. The van der Waals surface area contributed by atoms with E-state index in [1.165, 1.54) is 7.11 Å². The van der Waals surface area contributed by atoms with Crippen molar-refractivity contribution in [1.82, 2.24) is 0 Å². The third-order valence-electron chi connectivity index (χ3n) is 3.99. The van der Waals surface area contributed by atoms with E-state index in [-0.39, 0.29) is 5.97 Å². The first-order valence-corrected chi connectivity index (χ1v) is 7.75. The van der Waals surface area contributed by atoms with E-state index in [4.69, 9.17) is 4.74 Å². The highest BCUT2D eigenvalue weighted by Crippen LogP contribution is 2.37. The molecule has 0 aliphatic carbocycles. The summed E-state index contributed by atoms with van der Waals surface area (Å²) in [4.78, 5) is 12.5. The number of ether oxygens (including phenoxy) is 1. The molecule has 2 nitrogen and oxygen atoms in total. The van der Waals surface area contributed by atoms with Gasteiger partial charge in [-0.05, 0) is 22.3 Å². The predicted octanol–water partition coefficient (Wildman–Crippen LogP) is 5.45. The number of carbonyl (C=O) groups excluding carboxylic acids is 1. The van der Waals surface area contributed by atoms with E-state index in [0.29, 0.717) is 5.56 Å². The summed E-state index contributed by atoms with van der Waals surface area (Å²) in [6.07, 6.45) is 1.69. The van der Waals surface area contributed by atoms with E-state index in [1.807, 2.05) is 72.8 Å². The maximum atomic E-state index is 12.5. The first-order valence-electron chi connectivity index (χ1n) is 7.75. The molecule has 24 heavy (non-hydrogen) atoms. The van der Waals surface area contributed by atoms with Gasteiger partial charge in [-0.1, -0.05) is 85.5 Å². The summed E-state index contributed by atoms with van der Waals surface area (Å²) in [5.41, 5.74) is 5.19. The van der Waals surface area contributed by atoms with Gasteiger partial charge in [0.05, 0.1) is 12.7 Å². The van der Waals surface area contributed by atoms with Crippen molar-refractivity contribution < 1.29 is 9.53 Å². The molecule has 2 heteroatoms. The molecule has 0 spiro atoms. The van der Waals surface area contributed by atoms with Crippen molar-refractivity contribution in [2.24, 2.45) is 0 Å². The number of methoxy groups -OCH3 is 1. The van der Waals surface area contributed by atoms with Crippen LogP contribution in [0.15, 0.2) is 79.4 Å². The maximum Gasteiger partial charge on any atom is 0.339 e. The molecule has 0 amide bonds. The third-order valence-corrected chi connectivity index (χ3v) is 3.99. The van der Waals surface area contributed by atoms with E-state index in [1.54, 1.807) is 6.08 Å². The Kier molecular flexibility index (Phi) is 4.57. The smallest absolute Gasteiger partial charge is 0.339 e. The first kappa shape index (κ1) is 15.8. The number of carbonyl (C=O) groups is 1. The number of hydrogen-bond donors (Lipinski definition) is 0. The van der Waals surface area contributed by atoms with Gasteiger partial charge in [0.15, 0.2) is 0 Å². The van der Waals surface area contributed by atoms with Gasteiger partial charge in [-0.3, -0.25) is 0 Å². The third kappa shape index (κ3) is 2.86. The van der Waals surface area contributed by atoms with Crippen LogP contribution in [0.5, 0.6) is 0 Å². The standard InChI is InChI=1S/C22H18O2/c1-3-16-14-15-19(17-10-6-4-7-11-17)20(21(16)22(23)24-2)18-12-8-5-9-13-18/h3-15H,1H2,2H3. The van der Waals surface area contributed by atoms with E-state index in [2.05, 4.69) is 6.58 Å². The second-order valence-electron chi connectivity index (χ2n) is 5.38. The van der Waals surface area contributed by atoms with Crippen LogP contribution in [0.3, 0.4) is 0 Å². The molecule has 0 radical (unpaired) electrons. The number of rotatable bonds is 4. The van der Waals surface area contributed by atoms with Gasteiger partial charge in [0.25, 0.3) is 0 Å². The molecular formula is C22H18O2. The SMILES string of the molecule is C=Cc1ccc(-c2ccccc2)c(-c2ccccc2)c1C(=O)OC. The highest BCUT2D eigenvalue weighted by Gasteiger charge is 2.21. The van der Waals surface area contributed by atoms with Gasteiger partial charge < -0.3 is 4.74 Å². The number of benzene rings is 3. The second kappa shape index (κ2) is 6.97. The lowest BCUT2D eigenvalue weighted by Gasteiger charge is -2.17. The minimum atomic E-state index is -0.360. The quantitative estimate of drug-likeness (QED) is 0.598. The lowest BCUT2D eigenvalue weighted by atomic mass is 9.87. The van der Waals surface area contributed by atoms with Crippen LogP contribution in [0.2, 0.25) is 0 Å². The van der Waals surface area contributed by atoms with Gasteiger partial charge in [-0.25, -0.2) is 4.79 Å². The van der Waals surface area contributed by atoms with Crippen molar-refractivity contribution in [2.45, 2.75) is 0 Å². The average molecular weight is 314 g/mol. The zero-order chi connectivity index (χ0) is 16.9. The lowest BCUT2D eigenvalue weighted by Crippen LogP contribution is -2.07. The van der Waals surface area contributed by atoms with Crippen molar-refractivity contribution in [3.05, 3.63) is 90.5 Å². The first-order chi connectivity index (χ1) is 11.8. The van der Waals surface area contributed by atoms with Crippen LogP contribution >= 0.6 is 0 Å². The molecule has 0 aliphatic rings. The Labute approximate surface area is 142 Å². The molecule has 0 heterocycles. The lowest BCUT2D eigenvalue weighted by molar-refractivity contribution is 0.0601. The minimum Gasteiger partial charge on any atom is -0.465 e. The molecule has 3 aromatic rings. The highest BCUT2D eigenvalue weighted by atomic mass is 16.5. The molecule has 0 saturated carbocycles. The summed E-state index contributed by atoms with van der Waals surface area (Å²) in [5.74, 6) is -0.360. The van der Waals surface area contributed by atoms with Crippen LogP contribution in [0.25, 0.3) is 28.3 Å². The number of esters is 1. The Balaban J connectivity index is 2.39. The normalized spacial score (nSPS) is 10.2. The number of hydrogen-bond acceptors (Lipinski definition) is 2. The fourth-order valence-corrected chi connectivity index (χ4v) is 2.87. The molecule has 3 rings (SSSR count). The van der Waals surface area contributed by atoms with Crippen molar-refractivity contribution in [1.29, 1.82) is 0 Å². The molecule has 0 fully saturated rings. The Morgan fingerprint density at radius 1 is 0.875 bits per heavy atom. The summed E-state index contributed by atoms with van der Waals surface area (Å²) in [6, 6.07) is 23.9. The Bertz CT molecular complexity index is 865. The Hall–Kier alpha value is -3.13. The van der Waals surface area contributed by atoms with Crippen LogP contribution in [0.1, 0.15) is 15.9 Å². The monoisotopic (exact) mass is 314 g/mol. The van der Waals surface area contributed by atoms with E-state index < -0.39 is 0 Å². The average Bonchev–Trinajstić information content (AvgIpc) is 2.67. The van der Waals surface area contributed by atoms with E-state index in [9.17, 15) is 4.79 Å². The molecule has 0 unspecified atom stereocenters. The van der Waals surface area contributed by atoms with Gasteiger partial charge in [-0.15, -0.1) is 0 Å². The summed E-state index contributed by atoms with van der Waals surface area (Å²) >= 11 is 0. The van der Waals surface area contributed by atoms with Gasteiger partial charge in [0.2, 0.25) is 0 Å². The van der Waals surface area contributed by atoms with Gasteiger partial charge in [0, 0.05) is 5.56 Å². The zero-order valence-corrected chi connectivity index (χ0v) is 13.5. The van der Waals surface area contributed by atoms with Crippen LogP contribution in [0.4, 0.5) is 0 Å². The molecule has 0 aliphatic heterocycles.